The van der Waals surface area contributed by atoms with Crippen molar-refractivity contribution in [3.63, 3.8) is 0 Å². The lowest BCUT2D eigenvalue weighted by Gasteiger charge is -2.26. The number of carbonyl (C=O) groups excluding carboxylic acids is 1. The molecule has 1 saturated heterocycles. The van der Waals surface area contributed by atoms with Crippen molar-refractivity contribution in [2.24, 2.45) is 0 Å². The minimum absolute atomic E-state index is 0.123. The fourth-order valence-electron chi connectivity index (χ4n) is 4.06. The van der Waals surface area contributed by atoms with Crippen LogP contribution in [0.3, 0.4) is 0 Å². The zero-order chi connectivity index (χ0) is 20.4. The number of hydrogen-bond donors (Lipinski definition) is 1. The van der Waals surface area contributed by atoms with Gasteiger partial charge in [-0.25, -0.2) is 4.98 Å². The number of amides is 1. The summed E-state index contributed by atoms with van der Waals surface area (Å²) >= 11 is 3.42. The quantitative estimate of drug-likeness (QED) is 0.544. The number of imidazole rings is 1. The molecule has 2 heterocycles. The first-order valence-corrected chi connectivity index (χ1v) is 11.1. The Labute approximate surface area is 180 Å². The molecule has 0 atom stereocenters. The molecule has 0 saturated carbocycles. The van der Waals surface area contributed by atoms with E-state index < -0.39 is 0 Å². The lowest BCUT2D eigenvalue weighted by molar-refractivity contribution is 0.102. The van der Waals surface area contributed by atoms with Crippen LogP contribution in [-0.2, 0) is 6.54 Å². The molecule has 1 N–H and O–H groups in total. The van der Waals surface area contributed by atoms with E-state index in [4.69, 9.17) is 4.98 Å². The highest BCUT2D eigenvalue weighted by atomic mass is 79.9. The largest absolute Gasteiger partial charge is 0.324 e. The summed E-state index contributed by atoms with van der Waals surface area (Å²) in [6.45, 7) is 7.57. The molecular formula is C23H27BrN4O. The number of nitrogens with zero attached hydrogens (tertiary/aromatic N) is 3. The van der Waals surface area contributed by atoms with Crippen LogP contribution in [0.4, 0.5) is 5.69 Å². The van der Waals surface area contributed by atoms with Gasteiger partial charge in [0.15, 0.2) is 0 Å². The molecule has 1 amide bonds. The maximum Gasteiger partial charge on any atom is 0.255 e. The zero-order valence-corrected chi connectivity index (χ0v) is 18.6. The third-order valence-corrected chi connectivity index (χ3v) is 5.93. The molecule has 6 heteroatoms. The summed E-state index contributed by atoms with van der Waals surface area (Å²) in [5, 5.41) is 3.00. The molecule has 0 radical (unpaired) electrons. The van der Waals surface area contributed by atoms with Gasteiger partial charge in [-0.2, -0.15) is 0 Å². The van der Waals surface area contributed by atoms with E-state index in [-0.39, 0.29) is 5.91 Å². The maximum atomic E-state index is 12.6. The summed E-state index contributed by atoms with van der Waals surface area (Å²) in [7, 11) is 0. The lowest BCUT2D eigenvalue weighted by Crippen LogP contribution is -2.30. The lowest BCUT2D eigenvalue weighted by atomic mass is 10.1. The van der Waals surface area contributed by atoms with Gasteiger partial charge in [0.1, 0.15) is 5.82 Å². The van der Waals surface area contributed by atoms with Crippen LogP contribution >= 0.6 is 15.9 Å². The number of carbonyl (C=O) groups is 1. The van der Waals surface area contributed by atoms with Crippen LogP contribution in [0.2, 0.25) is 0 Å². The van der Waals surface area contributed by atoms with Gasteiger partial charge in [0.2, 0.25) is 0 Å². The second-order valence-corrected chi connectivity index (χ2v) is 8.91. The first kappa shape index (κ1) is 20.1. The third kappa shape index (κ3) is 4.54. The number of likely N-dealkylation sites (tertiary alicyclic amines) is 1. The van der Waals surface area contributed by atoms with Crippen LogP contribution < -0.4 is 5.32 Å². The van der Waals surface area contributed by atoms with E-state index in [0.29, 0.717) is 11.6 Å². The Morgan fingerprint density at radius 3 is 2.66 bits per heavy atom. The molecule has 3 aromatic rings. The highest BCUT2D eigenvalue weighted by Gasteiger charge is 2.18. The summed E-state index contributed by atoms with van der Waals surface area (Å²) in [4.78, 5) is 20.0. The molecule has 152 valence electrons. The predicted octanol–water partition coefficient (Wildman–Crippen LogP) is 5.62. The number of aromatic nitrogens is 2. The van der Waals surface area contributed by atoms with Gasteiger partial charge in [0, 0.05) is 21.8 Å². The van der Waals surface area contributed by atoms with E-state index in [9.17, 15) is 4.79 Å². The highest BCUT2D eigenvalue weighted by molar-refractivity contribution is 9.10. The third-order valence-electron chi connectivity index (χ3n) is 5.44. The Morgan fingerprint density at radius 1 is 1.14 bits per heavy atom. The highest BCUT2D eigenvalue weighted by Crippen LogP contribution is 2.26. The van der Waals surface area contributed by atoms with Gasteiger partial charge in [0.05, 0.1) is 17.6 Å². The molecule has 0 bridgehead atoms. The molecule has 5 nitrogen and oxygen atoms in total. The van der Waals surface area contributed by atoms with Crippen molar-refractivity contribution in [1.29, 1.82) is 0 Å². The first-order chi connectivity index (χ1) is 14.0. The predicted molar refractivity (Wildman–Crippen MR) is 121 cm³/mol. The standard InChI is InChI=1S/C23H27BrN4O/c1-16(2)28-21-10-9-19(25-23(29)17-7-6-8-18(24)13-17)14-20(21)26-22(28)15-27-11-4-3-5-12-27/h6-10,13-14,16H,3-5,11-12,15H2,1-2H3,(H,25,29). The minimum atomic E-state index is -0.123. The molecule has 1 aliphatic heterocycles. The number of nitrogens with one attached hydrogen (secondary N) is 1. The molecule has 1 aromatic heterocycles. The second kappa shape index (κ2) is 8.67. The summed E-state index contributed by atoms with van der Waals surface area (Å²) in [6.07, 6.45) is 3.87. The van der Waals surface area contributed by atoms with Crippen LogP contribution in [0.5, 0.6) is 0 Å². The fourth-order valence-corrected chi connectivity index (χ4v) is 4.46. The van der Waals surface area contributed by atoms with Crippen LogP contribution in [0.15, 0.2) is 46.9 Å². The average Bonchev–Trinajstić information content (AvgIpc) is 3.06. The van der Waals surface area contributed by atoms with E-state index in [1.807, 2.05) is 36.4 Å². The molecule has 1 fully saturated rings. The monoisotopic (exact) mass is 454 g/mol. The minimum Gasteiger partial charge on any atom is -0.324 e. The van der Waals surface area contributed by atoms with Crippen molar-refractivity contribution in [1.82, 2.24) is 14.5 Å². The van der Waals surface area contributed by atoms with Gasteiger partial charge in [0.25, 0.3) is 5.91 Å². The van der Waals surface area contributed by atoms with Crippen molar-refractivity contribution >= 4 is 38.6 Å². The topological polar surface area (TPSA) is 50.2 Å². The normalized spacial score (nSPS) is 15.2. The Morgan fingerprint density at radius 2 is 1.93 bits per heavy atom. The Hall–Kier alpha value is -2.18. The van der Waals surface area contributed by atoms with Gasteiger partial charge in [-0.15, -0.1) is 0 Å². The maximum absolute atomic E-state index is 12.6. The van der Waals surface area contributed by atoms with Crippen LogP contribution in [0.25, 0.3) is 11.0 Å². The summed E-state index contributed by atoms with van der Waals surface area (Å²) in [5.41, 5.74) is 3.43. The smallest absolute Gasteiger partial charge is 0.255 e. The van der Waals surface area contributed by atoms with Crippen LogP contribution in [-0.4, -0.2) is 33.4 Å². The number of halogens is 1. The Balaban J connectivity index is 1.60. The van der Waals surface area contributed by atoms with E-state index in [1.165, 1.54) is 19.3 Å². The number of fused-ring (bicyclic) bond motifs is 1. The number of benzene rings is 2. The van der Waals surface area contributed by atoms with Crippen molar-refractivity contribution in [2.45, 2.75) is 45.7 Å². The first-order valence-electron chi connectivity index (χ1n) is 10.3. The van der Waals surface area contributed by atoms with E-state index in [0.717, 1.165) is 46.7 Å². The molecule has 0 unspecified atom stereocenters. The van der Waals surface area contributed by atoms with Gasteiger partial charge >= 0.3 is 0 Å². The Kier molecular flexibility index (Phi) is 6.01. The van der Waals surface area contributed by atoms with Crippen molar-refractivity contribution in [3.8, 4) is 0 Å². The average molecular weight is 455 g/mol. The van der Waals surface area contributed by atoms with E-state index >= 15 is 0 Å². The molecule has 0 spiro atoms. The fraction of sp³-hybridized carbons (Fsp3) is 0.391. The number of piperidine rings is 1. The Bertz CT molecular complexity index is 1020. The molecule has 29 heavy (non-hydrogen) atoms. The van der Waals surface area contributed by atoms with Crippen LogP contribution in [0.1, 0.15) is 55.3 Å². The van der Waals surface area contributed by atoms with E-state index in [1.54, 1.807) is 0 Å². The summed E-state index contributed by atoms with van der Waals surface area (Å²) < 4.78 is 3.21. The van der Waals surface area contributed by atoms with Gasteiger partial charge in [-0.3, -0.25) is 9.69 Å². The second-order valence-electron chi connectivity index (χ2n) is 8.00. The zero-order valence-electron chi connectivity index (χ0n) is 17.0. The summed E-state index contributed by atoms with van der Waals surface area (Å²) in [5.74, 6) is 0.981. The SMILES string of the molecule is CC(C)n1c(CN2CCCCC2)nc2cc(NC(=O)c3cccc(Br)c3)ccc21. The van der Waals surface area contributed by atoms with Crippen molar-refractivity contribution in [3.05, 3.63) is 58.3 Å². The number of hydrogen-bond acceptors (Lipinski definition) is 3. The van der Waals surface area contributed by atoms with Gasteiger partial charge in [-0.05, 0) is 76.2 Å². The molecular weight excluding hydrogens is 428 g/mol. The molecule has 1 aliphatic rings. The molecule has 2 aromatic carbocycles. The van der Waals surface area contributed by atoms with Crippen molar-refractivity contribution < 1.29 is 4.79 Å². The molecule has 4 rings (SSSR count). The molecule has 0 aliphatic carbocycles. The van der Waals surface area contributed by atoms with Gasteiger partial charge < -0.3 is 9.88 Å². The number of rotatable bonds is 5. The van der Waals surface area contributed by atoms with E-state index in [2.05, 4.69) is 50.6 Å². The van der Waals surface area contributed by atoms with Crippen molar-refractivity contribution in [2.75, 3.05) is 18.4 Å². The van der Waals surface area contributed by atoms with Crippen LogP contribution in [0, 0.1) is 0 Å². The summed E-state index contributed by atoms with van der Waals surface area (Å²) in [6, 6.07) is 13.7. The number of anilines is 1. The van der Waals surface area contributed by atoms with Gasteiger partial charge in [-0.1, -0.05) is 28.4 Å².